The van der Waals surface area contributed by atoms with E-state index in [1.165, 1.54) is 28.8 Å². The number of hydrogen-bond acceptors (Lipinski definition) is 5. The predicted molar refractivity (Wildman–Crippen MR) is 117 cm³/mol. The number of nitrogens with zero attached hydrogens (tertiary/aromatic N) is 1. The zero-order chi connectivity index (χ0) is 20.1. The lowest BCUT2D eigenvalue weighted by Gasteiger charge is -2.14. The first-order chi connectivity index (χ1) is 13.4. The number of anilines is 1. The summed E-state index contributed by atoms with van der Waals surface area (Å²) in [4.78, 5) is 26.7. The minimum Gasteiger partial charge on any atom is -0.508 e. The summed E-state index contributed by atoms with van der Waals surface area (Å²) in [6.45, 7) is 0.359. The highest BCUT2D eigenvalue weighted by Crippen LogP contribution is 2.33. The fourth-order valence-electron chi connectivity index (χ4n) is 2.63. The summed E-state index contributed by atoms with van der Waals surface area (Å²) in [5, 5.41) is 12.7. The van der Waals surface area contributed by atoms with Crippen LogP contribution in [0.25, 0.3) is 6.08 Å². The van der Waals surface area contributed by atoms with E-state index in [-0.39, 0.29) is 24.0 Å². The zero-order valence-corrected chi connectivity index (χ0v) is 17.1. The van der Waals surface area contributed by atoms with Crippen molar-refractivity contribution in [3.63, 3.8) is 0 Å². The van der Waals surface area contributed by atoms with Gasteiger partial charge in [-0.15, -0.1) is 0 Å². The molecule has 144 valence electrons. The molecule has 0 unspecified atom stereocenters. The van der Waals surface area contributed by atoms with Gasteiger partial charge in [-0.2, -0.15) is 0 Å². The molecule has 0 saturated carbocycles. The number of phenolic OH excluding ortho intramolecular Hbond substituents is 1. The van der Waals surface area contributed by atoms with Crippen molar-refractivity contribution >= 4 is 63.5 Å². The molecule has 0 spiro atoms. The third-order valence-corrected chi connectivity index (χ3v) is 5.70. The Bertz CT molecular complexity index is 962. The molecule has 0 radical (unpaired) electrons. The summed E-state index contributed by atoms with van der Waals surface area (Å²) in [6.07, 6.45) is 2.43. The first-order valence-electron chi connectivity index (χ1n) is 8.53. The van der Waals surface area contributed by atoms with Crippen LogP contribution in [-0.4, -0.2) is 32.7 Å². The van der Waals surface area contributed by atoms with Gasteiger partial charge >= 0.3 is 0 Å². The molecule has 1 aliphatic heterocycles. The van der Waals surface area contributed by atoms with Crippen LogP contribution in [0.2, 0.25) is 5.02 Å². The smallest absolute Gasteiger partial charge is 0.266 e. The summed E-state index contributed by atoms with van der Waals surface area (Å²) < 4.78 is 0.469. The molecule has 5 nitrogen and oxygen atoms in total. The van der Waals surface area contributed by atoms with Crippen molar-refractivity contribution in [2.24, 2.45) is 0 Å². The van der Waals surface area contributed by atoms with Crippen molar-refractivity contribution in [2.75, 3.05) is 11.9 Å². The summed E-state index contributed by atoms with van der Waals surface area (Å²) in [6, 6.07) is 13.6. The molecule has 1 saturated heterocycles. The highest BCUT2D eigenvalue weighted by molar-refractivity contribution is 8.26. The minimum absolute atomic E-state index is 0.0840. The van der Waals surface area contributed by atoms with Crippen molar-refractivity contribution in [3.05, 3.63) is 64.0 Å². The van der Waals surface area contributed by atoms with Crippen LogP contribution in [0.15, 0.2) is 53.4 Å². The van der Waals surface area contributed by atoms with Gasteiger partial charge in [-0.25, -0.2) is 0 Å². The number of amides is 2. The van der Waals surface area contributed by atoms with Gasteiger partial charge in [0.25, 0.3) is 5.91 Å². The number of thioether (sulfide) groups is 1. The van der Waals surface area contributed by atoms with Gasteiger partial charge in [-0.05, 0) is 36.3 Å². The second-order valence-electron chi connectivity index (χ2n) is 6.06. The van der Waals surface area contributed by atoms with Gasteiger partial charge in [-0.1, -0.05) is 59.8 Å². The van der Waals surface area contributed by atoms with E-state index in [1.54, 1.807) is 24.3 Å². The Balaban J connectivity index is 1.55. The number of benzene rings is 2. The largest absolute Gasteiger partial charge is 0.508 e. The maximum atomic E-state index is 12.6. The van der Waals surface area contributed by atoms with E-state index in [4.69, 9.17) is 23.8 Å². The van der Waals surface area contributed by atoms with Crippen molar-refractivity contribution < 1.29 is 14.7 Å². The normalized spacial score (nSPS) is 15.3. The lowest BCUT2D eigenvalue weighted by molar-refractivity contribution is -0.122. The zero-order valence-electron chi connectivity index (χ0n) is 14.7. The van der Waals surface area contributed by atoms with E-state index in [2.05, 4.69) is 5.32 Å². The lowest BCUT2D eigenvalue weighted by Crippen LogP contribution is -2.29. The molecular formula is C20H17ClN2O3S2. The van der Waals surface area contributed by atoms with Gasteiger partial charge in [0.15, 0.2) is 0 Å². The van der Waals surface area contributed by atoms with E-state index < -0.39 is 0 Å². The van der Waals surface area contributed by atoms with Gasteiger partial charge in [-0.3, -0.25) is 14.5 Å². The number of halogens is 1. The first kappa shape index (κ1) is 20.4. The molecule has 0 aliphatic carbocycles. The number of carbonyl (C=O) groups excluding carboxylic acids is 2. The maximum absolute atomic E-state index is 12.6. The van der Waals surface area contributed by atoms with Gasteiger partial charge in [0.1, 0.15) is 10.1 Å². The summed E-state index contributed by atoms with van der Waals surface area (Å²) in [5.74, 6) is -0.286. The molecule has 2 aromatic carbocycles. The standard InChI is InChI=1S/C20H17ClN2O3S2/c21-16-8-2-1-5-13(16)11-17-19(26)23(20(27)28-17)10-4-9-18(25)22-14-6-3-7-15(24)12-14/h1-3,5-8,11-12,24H,4,9-10H2,(H,22,25)/b17-11-. The molecule has 1 aliphatic rings. The number of thiocarbonyl (C=S) groups is 1. The third kappa shape index (κ3) is 5.13. The fraction of sp³-hybridized carbons (Fsp3) is 0.150. The van der Waals surface area contributed by atoms with Crippen LogP contribution < -0.4 is 5.32 Å². The molecule has 0 atom stereocenters. The summed E-state index contributed by atoms with van der Waals surface area (Å²) in [5.41, 5.74) is 1.29. The molecule has 28 heavy (non-hydrogen) atoms. The van der Waals surface area contributed by atoms with Crippen LogP contribution >= 0.6 is 35.6 Å². The first-order valence-corrected chi connectivity index (χ1v) is 10.1. The number of nitrogens with one attached hydrogen (secondary N) is 1. The Hall–Kier alpha value is -2.35. The Morgan fingerprint density at radius 1 is 1.25 bits per heavy atom. The fourth-order valence-corrected chi connectivity index (χ4v) is 4.12. The third-order valence-electron chi connectivity index (χ3n) is 3.98. The average Bonchev–Trinajstić information content (AvgIpc) is 2.91. The lowest BCUT2D eigenvalue weighted by atomic mass is 10.2. The molecule has 2 N–H and O–H groups in total. The van der Waals surface area contributed by atoms with Crippen molar-refractivity contribution in [3.8, 4) is 5.75 Å². The Labute approximate surface area is 177 Å². The van der Waals surface area contributed by atoms with Gasteiger partial charge in [0, 0.05) is 29.7 Å². The summed E-state index contributed by atoms with van der Waals surface area (Å²) in [7, 11) is 0. The highest BCUT2D eigenvalue weighted by atomic mass is 35.5. The van der Waals surface area contributed by atoms with E-state index >= 15 is 0 Å². The second-order valence-corrected chi connectivity index (χ2v) is 8.14. The Kier molecular flexibility index (Phi) is 6.72. The molecule has 2 aromatic rings. The van der Waals surface area contributed by atoms with Crippen LogP contribution in [-0.2, 0) is 9.59 Å². The molecule has 3 rings (SSSR count). The molecular weight excluding hydrogens is 416 g/mol. The average molecular weight is 433 g/mol. The molecule has 8 heteroatoms. The number of carbonyl (C=O) groups is 2. The molecule has 0 bridgehead atoms. The minimum atomic E-state index is -0.192. The molecule has 2 amide bonds. The van der Waals surface area contributed by atoms with E-state index in [9.17, 15) is 14.7 Å². The van der Waals surface area contributed by atoms with Crippen molar-refractivity contribution in [1.29, 1.82) is 0 Å². The van der Waals surface area contributed by atoms with Crippen LogP contribution in [0, 0.1) is 0 Å². The maximum Gasteiger partial charge on any atom is 0.266 e. The Morgan fingerprint density at radius 2 is 2.04 bits per heavy atom. The van der Waals surface area contributed by atoms with Crippen LogP contribution in [0.5, 0.6) is 5.75 Å². The van der Waals surface area contributed by atoms with Gasteiger partial charge < -0.3 is 10.4 Å². The predicted octanol–water partition coefficient (Wildman–Crippen LogP) is 4.67. The van der Waals surface area contributed by atoms with Crippen molar-refractivity contribution in [2.45, 2.75) is 12.8 Å². The van der Waals surface area contributed by atoms with Crippen LogP contribution in [0.3, 0.4) is 0 Å². The summed E-state index contributed by atoms with van der Waals surface area (Å²) >= 11 is 12.7. The van der Waals surface area contributed by atoms with E-state index in [0.29, 0.717) is 32.9 Å². The Morgan fingerprint density at radius 3 is 2.79 bits per heavy atom. The number of phenols is 1. The molecule has 1 heterocycles. The molecule has 0 aromatic heterocycles. The second kappa shape index (κ2) is 9.23. The number of rotatable bonds is 6. The van der Waals surface area contributed by atoms with Crippen molar-refractivity contribution in [1.82, 2.24) is 4.90 Å². The highest BCUT2D eigenvalue weighted by Gasteiger charge is 2.31. The SMILES string of the molecule is O=C(CCCN1C(=O)/C(=C/c2ccccc2Cl)SC1=S)Nc1cccc(O)c1. The van der Waals surface area contributed by atoms with Gasteiger partial charge in [0.2, 0.25) is 5.91 Å². The monoisotopic (exact) mass is 432 g/mol. The molecule has 1 fully saturated rings. The van der Waals surface area contributed by atoms with Crippen LogP contribution in [0.4, 0.5) is 5.69 Å². The topological polar surface area (TPSA) is 69.6 Å². The van der Waals surface area contributed by atoms with Crippen LogP contribution in [0.1, 0.15) is 18.4 Å². The van der Waals surface area contributed by atoms with E-state index in [1.807, 2.05) is 18.2 Å². The quantitative estimate of drug-likeness (QED) is 0.513. The number of hydrogen-bond donors (Lipinski definition) is 2. The van der Waals surface area contributed by atoms with Gasteiger partial charge in [0.05, 0.1) is 4.91 Å². The number of aromatic hydroxyl groups is 1. The van der Waals surface area contributed by atoms with E-state index in [0.717, 1.165) is 5.56 Å².